The van der Waals surface area contributed by atoms with Crippen LogP contribution in [0.2, 0.25) is 0 Å². The van der Waals surface area contributed by atoms with E-state index < -0.39 is 0 Å². The summed E-state index contributed by atoms with van der Waals surface area (Å²) in [7, 11) is 2.16. The molecule has 154 valence electrons. The van der Waals surface area contributed by atoms with Gasteiger partial charge in [0.15, 0.2) is 0 Å². The van der Waals surface area contributed by atoms with Crippen molar-refractivity contribution in [3.05, 3.63) is 59.8 Å². The molecule has 2 heterocycles. The molecule has 0 spiro atoms. The van der Waals surface area contributed by atoms with Crippen LogP contribution in [0.4, 0.5) is 5.82 Å². The third-order valence-corrected chi connectivity index (χ3v) is 6.44. The van der Waals surface area contributed by atoms with Gasteiger partial charge in [-0.3, -0.25) is 4.79 Å². The number of piperazine rings is 1. The predicted octanol–water partition coefficient (Wildman–Crippen LogP) is 3.42. The fourth-order valence-electron chi connectivity index (χ4n) is 4.75. The Bertz CT molecular complexity index is 796. The maximum absolute atomic E-state index is 13.3. The van der Waals surface area contributed by atoms with Crippen molar-refractivity contribution in [1.29, 1.82) is 0 Å². The first kappa shape index (κ1) is 19.9. The van der Waals surface area contributed by atoms with Gasteiger partial charge >= 0.3 is 0 Å². The normalized spacial score (nSPS) is 19.3. The molecular weight excluding hydrogens is 360 g/mol. The molecule has 1 N–H and O–H groups in total. The van der Waals surface area contributed by atoms with Crippen LogP contribution in [0.5, 0.6) is 0 Å². The molecule has 2 aromatic rings. The molecule has 0 bridgehead atoms. The van der Waals surface area contributed by atoms with E-state index in [-0.39, 0.29) is 11.8 Å². The van der Waals surface area contributed by atoms with Crippen molar-refractivity contribution in [3.63, 3.8) is 0 Å². The minimum atomic E-state index is -0.0533. The van der Waals surface area contributed by atoms with E-state index in [9.17, 15) is 4.79 Å². The highest BCUT2D eigenvalue weighted by molar-refractivity contribution is 5.84. The first-order valence-electron chi connectivity index (χ1n) is 10.9. The minimum Gasteiger partial charge on any atom is -0.354 e. The number of hydrogen-bond donors (Lipinski definition) is 1. The van der Waals surface area contributed by atoms with Crippen molar-refractivity contribution >= 4 is 11.7 Å². The van der Waals surface area contributed by atoms with E-state index in [1.807, 2.05) is 30.5 Å². The van der Waals surface area contributed by atoms with Gasteiger partial charge in [0.25, 0.3) is 0 Å². The van der Waals surface area contributed by atoms with Crippen LogP contribution in [0.25, 0.3) is 0 Å². The number of anilines is 1. The number of carbonyl (C=O) groups is 1. The summed E-state index contributed by atoms with van der Waals surface area (Å²) in [5, 5.41) is 3.25. The maximum Gasteiger partial charge on any atom is 0.228 e. The molecule has 2 aliphatic rings. The van der Waals surface area contributed by atoms with E-state index in [0.29, 0.717) is 12.5 Å². The van der Waals surface area contributed by atoms with Gasteiger partial charge in [0.1, 0.15) is 5.82 Å². The van der Waals surface area contributed by atoms with Crippen molar-refractivity contribution in [1.82, 2.24) is 15.2 Å². The average Bonchev–Trinajstić information content (AvgIpc) is 3.28. The number of rotatable bonds is 6. The minimum absolute atomic E-state index is 0.0533. The molecule has 5 nitrogen and oxygen atoms in total. The first-order valence-corrected chi connectivity index (χ1v) is 10.9. The summed E-state index contributed by atoms with van der Waals surface area (Å²) >= 11 is 0. The number of aromatic nitrogens is 1. The number of pyridine rings is 1. The van der Waals surface area contributed by atoms with E-state index in [1.165, 1.54) is 12.8 Å². The Morgan fingerprint density at radius 1 is 1.07 bits per heavy atom. The van der Waals surface area contributed by atoms with Gasteiger partial charge in [-0.05, 0) is 37.4 Å². The second kappa shape index (κ2) is 9.40. The van der Waals surface area contributed by atoms with Crippen LogP contribution in [0.15, 0.2) is 48.7 Å². The van der Waals surface area contributed by atoms with Crippen LogP contribution in [-0.2, 0) is 11.3 Å². The number of likely N-dealkylation sites (N-methyl/N-ethyl adjacent to an activating group) is 1. The topological polar surface area (TPSA) is 48.5 Å². The SMILES string of the molecule is CN1CCN(c2ncccc2CNC(=O)C(c2ccccc2)C2CCCC2)CC1. The highest BCUT2D eigenvalue weighted by atomic mass is 16.1. The van der Waals surface area contributed by atoms with Crippen LogP contribution in [-0.4, -0.2) is 49.0 Å². The van der Waals surface area contributed by atoms with Gasteiger partial charge in [0, 0.05) is 44.5 Å². The molecule has 1 saturated heterocycles. The zero-order valence-corrected chi connectivity index (χ0v) is 17.4. The maximum atomic E-state index is 13.3. The molecule has 1 unspecified atom stereocenters. The van der Waals surface area contributed by atoms with Gasteiger partial charge in [-0.1, -0.05) is 49.2 Å². The smallest absolute Gasteiger partial charge is 0.228 e. The summed E-state index contributed by atoms with van der Waals surface area (Å²) in [6.45, 7) is 4.57. The van der Waals surface area contributed by atoms with Gasteiger partial charge in [-0.2, -0.15) is 0 Å². The van der Waals surface area contributed by atoms with E-state index in [4.69, 9.17) is 0 Å². The van der Waals surface area contributed by atoms with Crippen LogP contribution < -0.4 is 10.2 Å². The van der Waals surface area contributed by atoms with E-state index in [2.05, 4.69) is 45.3 Å². The Hall–Kier alpha value is -2.40. The van der Waals surface area contributed by atoms with Crippen molar-refractivity contribution < 1.29 is 4.79 Å². The summed E-state index contributed by atoms with van der Waals surface area (Å²) in [5.74, 6) is 1.56. The number of nitrogens with one attached hydrogen (secondary N) is 1. The molecule has 29 heavy (non-hydrogen) atoms. The van der Waals surface area contributed by atoms with Crippen molar-refractivity contribution in [2.24, 2.45) is 5.92 Å². The largest absolute Gasteiger partial charge is 0.354 e. The summed E-state index contributed by atoms with van der Waals surface area (Å²) in [5.41, 5.74) is 2.24. The third kappa shape index (κ3) is 4.78. The second-order valence-electron chi connectivity index (χ2n) is 8.43. The van der Waals surface area contributed by atoms with E-state index in [0.717, 1.165) is 56.0 Å². The van der Waals surface area contributed by atoms with Gasteiger partial charge in [0.05, 0.1) is 5.92 Å². The van der Waals surface area contributed by atoms with Gasteiger partial charge < -0.3 is 15.1 Å². The number of benzene rings is 1. The summed E-state index contributed by atoms with van der Waals surface area (Å²) in [6.07, 6.45) is 6.61. The van der Waals surface area contributed by atoms with E-state index >= 15 is 0 Å². The molecule has 1 aliphatic carbocycles. The van der Waals surface area contributed by atoms with Crippen LogP contribution in [0, 0.1) is 5.92 Å². The molecule has 1 amide bonds. The lowest BCUT2D eigenvalue weighted by molar-refractivity contribution is -0.123. The highest BCUT2D eigenvalue weighted by Crippen LogP contribution is 2.37. The Kier molecular flexibility index (Phi) is 6.45. The molecule has 1 atom stereocenters. The molecule has 1 aromatic carbocycles. The number of carbonyl (C=O) groups excluding carboxylic acids is 1. The quantitative estimate of drug-likeness (QED) is 0.818. The van der Waals surface area contributed by atoms with Gasteiger partial charge in [-0.25, -0.2) is 4.98 Å². The zero-order chi connectivity index (χ0) is 20.1. The number of hydrogen-bond acceptors (Lipinski definition) is 4. The Morgan fingerprint density at radius 3 is 2.52 bits per heavy atom. The standard InChI is InChI=1S/C24H32N4O/c1-27-14-16-28(17-15-27)23-21(12-7-13-25-23)18-26-24(29)22(20-10-5-6-11-20)19-8-3-2-4-9-19/h2-4,7-9,12-13,20,22H,5-6,10-11,14-18H2,1H3,(H,26,29). The molecule has 0 radical (unpaired) electrons. The molecule has 2 fully saturated rings. The molecule has 1 aliphatic heterocycles. The zero-order valence-electron chi connectivity index (χ0n) is 17.4. The van der Waals surface area contributed by atoms with Gasteiger partial charge in [0.2, 0.25) is 5.91 Å². The predicted molar refractivity (Wildman–Crippen MR) is 117 cm³/mol. The number of nitrogens with zero attached hydrogens (tertiary/aromatic N) is 3. The van der Waals surface area contributed by atoms with Crippen molar-refractivity contribution in [3.8, 4) is 0 Å². The van der Waals surface area contributed by atoms with Crippen molar-refractivity contribution in [2.75, 3.05) is 38.1 Å². The molecule has 5 heteroatoms. The number of amides is 1. The lowest BCUT2D eigenvalue weighted by Crippen LogP contribution is -2.45. The third-order valence-electron chi connectivity index (χ3n) is 6.44. The second-order valence-corrected chi connectivity index (χ2v) is 8.43. The lowest BCUT2D eigenvalue weighted by atomic mass is 9.84. The first-order chi connectivity index (χ1) is 14.2. The monoisotopic (exact) mass is 392 g/mol. The fraction of sp³-hybridized carbons (Fsp3) is 0.500. The van der Waals surface area contributed by atoms with Crippen LogP contribution in [0.3, 0.4) is 0 Å². The fourth-order valence-corrected chi connectivity index (χ4v) is 4.75. The average molecular weight is 393 g/mol. The Morgan fingerprint density at radius 2 is 1.79 bits per heavy atom. The molecule has 1 aromatic heterocycles. The lowest BCUT2D eigenvalue weighted by Gasteiger charge is -2.34. The summed E-state index contributed by atoms with van der Waals surface area (Å²) in [6, 6.07) is 14.4. The highest BCUT2D eigenvalue weighted by Gasteiger charge is 2.32. The van der Waals surface area contributed by atoms with E-state index in [1.54, 1.807) is 0 Å². The van der Waals surface area contributed by atoms with Gasteiger partial charge in [-0.15, -0.1) is 0 Å². The van der Waals surface area contributed by atoms with Crippen LogP contribution >= 0.6 is 0 Å². The summed E-state index contributed by atoms with van der Waals surface area (Å²) < 4.78 is 0. The van der Waals surface area contributed by atoms with Crippen molar-refractivity contribution in [2.45, 2.75) is 38.1 Å². The Balaban J connectivity index is 1.47. The summed E-state index contributed by atoms with van der Waals surface area (Å²) in [4.78, 5) is 22.6. The molecular formula is C24H32N4O. The molecule has 4 rings (SSSR count). The Labute approximate surface area is 174 Å². The molecule has 1 saturated carbocycles. The van der Waals surface area contributed by atoms with Crippen LogP contribution in [0.1, 0.15) is 42.7 Å².